The Morgan fingerprint density at radius 1 is 1.31 bits per heavy atom. The molecule has 1 heterocycles. The maximum absolute atomic E-state index is 11.5. The molecule has 1 aliphatic rings. The van der Waals surface area contributed by atoms with E-state index in [1.807, 2.05) is 0 Å². The Bertz CT molecular complexity index is 418. The quantitative estimate of drug-likeness (QED) is 0.757. The number of carbonyl (C=O) groups is 1. The van der Waals surface area contributed by atoms with Gasteiger partial charge in [0.15, 0.2) is 11.5 Å². The molecule has 1 aromatic heterocycles. The zero-order chi connectivity index (χ0) is 11.5. The number of esters is 1. The zero-order valence-corrected chi connectivity index (χ0v) is 9.32. The standard InChI is InChI=1S/C11H15N3O2/c1-2-16-11(15)9-10(12)14-8-6-4-3-5-7(8)13-9/h2-6H2,1H3,(H2,12,14). The molecule has 5 nitrogen and oxygen atoms in total. The van der Waals surface area contributed by atoms with Crippen LogP contribution in [0.5, 0.6) is 0 Å². The van der Waals surface area contributed by atoms with Gasteiger partial charge in [0.25, 0.3) is 0 Å². The molecule has 2 N–H and O–H groups in total. The first-order chi connectivity index (χ1) is 7.72. The summed E-state index contributed by atoms with van der Waals surface area (Å²) in [5.41, 5.74) is 7.68. The van der Waals surface area contributed by atoms with Gasteiger partial charge >= 0.3 is 5.97 Å². The van der Waals surface area contributed by atoms with E-state index in [0.29, 0.717) is 6.61 Å². The van der Waals surface area contributed by atoms with Crippen molar-refractivity contribution in [3.8, 4) is 0 Å². The number of ether oxygens (including phenoxy) is 1. The average Bonchev–Trinajstić information content (AvgIpc) is 2.28. The third-order valence-corrected chi connectivity index (χ3v) is 2.62. The smallest absolute Gasteiger partial charge is 0.360 e. The number of anilines is 1. The fourth-order valence-corrected chi connectivity index (χ4v) is 1.85. The van der Waals surface area contributed by atoms with Crippen molar-refractivity contribution in [3.63, 3.8) is 0 Å². The van der Waals surface area contributed by atoms with Gasteiger partial charge in [-0.1, -0.05) is 0 Å². The molecule has 1 aromatic rings. The van der Waals surface area contributed by atoms with Gasteiger partial charge in [-0.2, -0.15) is 0 Å². The summed E-state index contributed by atoms with van der Waals surface area (Å²) in [6.45, 7) is 2.07. The molecule has 0 aliphatic heterocycles. The Kier molecular flexibility index (Phi) is 3.03. The van der Waals surface area contributed by atoms with Gasteiger partial charge in [0, 0.05) is 0 Å². The van der Waals surface area contributed by atoms with Gasteiger partial charge in [0.1, 0.15) is 0 Å². The summed E-state index contributed by atoms with van der Waals surface area (Å²) in [6.07, 6.45) is 3.97. The number of aromatic nitrogens is 2. The van der Waals surface area contributed by atoms with Crippen LogP contribution >= 0.6 is 0 Å². The zero-order valence-electron chi connectivity index (χ0n) is 9.32. The highest BCUT2D eigenvalue weighted by atomic mass is 16.5. The molecule has 1 aliphatic carbocycles. The van der Waals surface area contributed by atoms with Crippen LogP contribution in [0.15, 0.2) is 0 Å². The fraction of sp³-hybridized carbons (Fsp3) is 0.545. The van der Waals surface area contributed by atoms with E-state index in [9.17, 15) is 4.79 Å². The van der Waals surface area contributed by atoms with Crippen LogP contribution < -0.4 is 5.73 Å². The topological polar surface area (TPSA) is 78.1 Å². The Morgan fingerprint density at radius 2 is 1.94 bits per heavy atom. The van der Waals surface area contributed by atoms with Crippen LogP contribution in [0.1, 0.15) is 41.6 Å². The molecule has 0 radical (unpaired) electrons. The summed E-state index contributed by atoms with van der Waals surface area (Å²) in [5.74, 6) is -0.306. The van der Waals surface area contributed by atoms with Gasteiger partial charge in [-0.3, -0.25) is 0 Å². The normalized spacial score (nSPS) is 14.3. The predicted octanol–water partition coefficient (Wildman–Crippen LogP) is 1.11. The van der Waals surface area contributed by atoms with Crippen molar-refractivity contribution in [2.75, 3.05) is 12.3 Å². The summed E-state index contributed by atoms with van der Waals surface area (Å²) in [5, 5.41) is 0. The van der Waals surface area contributed by atoms with E-state index < -0.39 is 5.97 Å². The van der Waals surface area contributed by atoms with E-state index in [0.717, 1.165) is 37.1 Å². The van der Waals surface area contributed by atoms with Gasteiger partial charge < -0.3 is 10.5 Å². The summed E-state index contributed by atoms with van der Waals surface area (Å²) < 4.78 is 4.88. The number of nitrogen functional groups attached to an aromatic ring is 1. The lowest BCUT2D eigenvalue weighted by Crippen LogP contribution is -2.17. The third kappa shape index (κ3) is 1.98. The molecule has 16 heavy (non-hydrogen) atoms. The lowest BCUT2D eigenvalue weighted by molar-refractivity contribution is 0.0520. The molecular formula is C11H15N3O2. The molecule has 0 aromatic carbocycles. The molecule has 0 bridgehead atoms. The average molecular weight is 221 g/mol. The lowest BCUT2D eigenvalue weighted by atomic mass is 10.0. The number of fused-ring (bicyclic) bond motifs is 1. The van der Waals surface area contributed by atoms with Crippen molar-refractivity contribution in [2.24, 2.45) is 0 Å². The number of nitrogens with zero attached hydrogens (tertiary/aromatic N) is 2. The van der Waals surface area contributed by atoms with Crippen LogP contribution in [0.3, 0.4) is 0 Å². The van der Waals surface area contributed by atoms with Crippen LogP contribution in [0.25, 0.3) is 0 Å². The van der Waals surface area contributed by atoms with Crippen molar-refractivity contribution >= 4 is 11.8 Å². The highest BCUT2D eigenvalue weighted by molar-refractivity contribution is 5.91. The second kappa shape index (κ2) is 4.47. The molecule has 0 saturated heterocycles. The van der Waals surface area contributed by atoms with E-state index in [1.54, 1.807) is 6.92 Å². The van der Waals surface area contributed by atoms with Gasteiger partial charge in [0.2, 0.25) is 0 Å². The van der Waals surface area contributed by atoms with Crippen LogP contribution in [0.4, 0.5) is 5.82 Å². The highest BCUT2D eigenvalue weighted by Crippen LogP contribution is 2.20. The Hall–Kier alpha value is -1.65. The molecule has 5 heteroatoms. The second-order valence-corrected chi connectivity index (χ2v) is 3.78. The van der Waals surface area contributed by atoms with Gasteiger partial charge in [-0.25, -0.2) is 14.8 Å². The first-order valence-electron chi connectivity index (χ1n) is 5.54. The van der Waals surface area contributed by atoms with Crippen LogP contribution in [0, 0.1) is 0 Å². The lowest BCUT2D eigenvalue weighted by Gasteiger charge is -2.15. The SMILES string of the molecule is CCOC(=O)c1nc2c(nc1N)CCCC2. The maximum Gasteiger partial charge on any atom is 0.360 e. The summed E-state index contributed by atoms with van der Waals surface area (Å²) in [7, 11) is 0. The molecule has 0 atom stereocenters. The van der Waals surface area contributed by atoms with E-state index in [2.05, 4.69) is 9.97 Å². The van der Waals surface area contributed by atoms with Gasteiger partial charge in [-0.15, -0.1) is 0 Å². The summed E-state index contributed by atoms with van der Waals surface area (Å²) in [4.78, 5) is 20.0. The third-order valence-electron chi connectivity index (χ3n) is 2.62. The number of carbonyl (C=O) groups excluding carboxylic acids is 1. The monoisotopic (exact) mass is 221 g/mol. The van der Waals surface area contributed by atoms with E-state index in [1.165, 1.54) is 0 Å². The highest BCUT2D eigenvalue weighted by Gasteiger charge is 2.20. The number of hydrogen-bond acceptors (Lipinski definition) is 5. The van der Waals surface area contributed by atoms with E-state index >= 15 is 0 Å². The van der Waals surface area contributed by atoms with E-state index in [-0.39, 0.29) is 11.5 Å². The summed E-state index contributed by atoms with van der Waals surface area (Å²) >= 11 is 0. The molecule has 0 unspecified atom stereocenters. The number of rotatable bonds is 2. The molecule has 86 valence electrons. The van der Waals surface area contributed by atoms with Crippen molar-refractivity contribution < 1.29 is 9.53 Å². The van der Waals surface area contributed by atoms with Gasteiger partial charge in [-0.05, 0) is 32.6 Å². The number of nitrogens with two attached hydrogens (primary N) is 1. The second-order valence-electron chi connectivity index (χ2n) is 3.78. The van der Waals surface area contributed by atoms with Crippen molar-refractivity contribution in [2.45, 2.75) is 32.6 Å². The first-order valence-corrected chi connectivity index (χ1v) is 5.54. The van der Waals surface area contributed by atoms with Crippen molar-refractivity contribution in [1.82, 2.24) is 9.97 Å². The number of hydrogen-bond donors (Lipinski definition) is 1. The molecule has 0 saturated carbocycles. The fourth-order valence-electron chi connectivity index (χ4n) is 1.85. The maximum atomic E-state index is 11.5. The minimum Gasteiger partial charge on any atom is -0.461 e. The first kappa shape index (κ1) is 10.9. The molecule has 0 fully saturated rings. The van der Waals surface area contributed by atoms with Crippen LogP contribution in [0.2, 0.25) is 0 Å². The van der Waals surface area contributed by atoms with Crippen molar-refractivity contribution in [3.05, 3.63) is 17.1 Å². The van der Waals surface area contributed by atoms with Gasteiger partial charge in [0.05, 0.1) is 18.0 Å². The minimum atomic E-state index is -0.485. The predicted molar refractivity (Wildman–Crippen MR) is 59.0 cm³/mol. The molecular weight excluding hydrogens is 206 g/mol. The molecule has 0 spiro atoms. The Balaban J connectivity index is 2.35. The molecule has 0 amide bonds. The molecule has 2 rings (SSSR count). The minimum absolute atomic E-state index is 0.155. The largest absolute Gasteiger partial charge is 0.461 e. The van der Waals surface area contributed by atoms with Crippen LogP contribution in [-0.2, 0) is 17.6 Å². The van der Waals surface area contributed by atoms with Crippen LogP contribution in [-0.4, -0.2) is 22.5 Å². The van der Waals surface area contributed by atoms with E-state index in [4.69, 9.17) is 10.5 Å². The summed E-state index contributed by atoms with van der Waals surface area (Å²) in [6, 6.07) is 0. The Labute approximate surface area is 94.0 Å². The Morgan fingerprint density at radius 3 is 2.56 bits per heavy atom. The number of aryl methyl sites for hydroxylation is 2. The van der Waals surface area contributed by atoms with Crippen molar-refractivity contribution in [1.29, 1.82) is 0 Å².